The molecule has 1 heterocycles. The smallest absolute Gasteiger partial charge is 0.321 e. The molecule has 6 heteroatoms. The van der Waals surface area contributed by atoms with Crippen LogP contribution in [0, 0.1) is 12.3 Å². The van der Waals surface area contributed by atoms with Crippen LogP contribution in [-0.4, -0.2) is 29.9 Å². The molecule has 0 unspecified atom stereocenters. The van der Waals surface area contributed by atoms with Crippen LogP contribution >= 0.6 is 15.9 Å². The van der Waals surface area contributed by atoms with Crippen LogP contribution in [0.3, 0.4) is 0 Å². The molecule has 0 spiro atoms. The number of urea groups is 1. The number of rotatable bonds is 4. The van der Waals surface area contributed by atoms with Crippen molar-refractivity contribution in [1.82, 2.24) is 10.2 Å². The predicted molar refractivity (Wildman–Crippen MR) is 115 cm³/mol. The fourth-order valence-electron chi connectivity index (χ4n) is 3.56. The maximum absolute atomic E-state index is 12.9. The summed E-state index contributed by atoms with van der Waals surface area (Å²) < 4.78 is 0.907. The molecule has 1 aliphatic rings. The Labute approximate surface area is 174 Å². The van der Waals surface area contributed by atoms with Gasteiger partial charge in [-0.25, -0.2) is 4.79 Å². The molecule has 0 saturated carbocycles. The van der Waals surface area contributed by atoms with Crippen molar-refractivity contribution < 1.29 is 9.59 Å². The molecule has 0 bridgehead atoms. The zero-order valence-electron chi connectivity index (χ0n) is 16.3. The maximum atomic E-state index is 12.9. The Morgan fingerprint density at radius 2 is 1.96 bits per heavy atom. The van der Waals surface area contributed by atoms with Crippen molar-refractivity contribution in [3.63, 3.8) is 0 Å². The summed E-state index contributed by atoms with van der Waals surface area (Å²) in [6, 6.07) is 15.3. The SMILES string of the molecule is Cc1ccccc1CNC(=O)[C@@]1(C)CCCN(C(=O)Nc2cccc(Br)c2)C1. The number of amides is 3. The third-order valence-electron chi connectivity index (χ3n) is 5.31. The van der Waals surface area contributed by atoms with Crippen molar-refractivity contribution in [1.29, 1.82) is 0 Å². The zero-order valence-corrected chi connectivity index (χ0v) is 17.9. The van der Waals surface area contributed by atoms with Crippen LogP contribution in [0.15, 0.2) is 53.0 Å². The van der Waals surface area contributed by atoms with Crippen molar-refractivity contribution in [2.75, 3.05) is 18.4 Å². The van der Waals surface area contributed by atoms with Crippen LogP contribution in [0.4, 0.5) is 10.5 Å². The quantitative estimate of drug-likeness (QED) is 0.718. The van der Waals surface area contributed by atoms with Crippen molar-refractivity contribution >= 4 is 33.6 Å². The number of hydrogen-bond donors (Lipinski definition) is 2. The highest BCUT2D eigenvalue weighted by Crippen LogP contribution is 2.30. The number of likely N-dealkylation sites (tertiary alicyclic amines) is 1. The predicted octanol–water partition coefficient (Wildman–Crippen LogP) is 4.71. The number of nitrogens with zero attached hydrogens (tertiary/aromatic N) is 1. The molecule has 5 nitrogen and oxygen atoms in total. The first-order valence-electron chi connectivity index (χ1n) is 9.52. The molecule has 1 atom stereocenters. The molecule has 3 rings (SSSR count). The molecule has 3 amide bonds. The van der Waals surface area contributed by atoms with E-state index in [4.69, 9.17) is 0 Å². The van der Waals surface area contributed by atoms with Crippen LogP contribution in [0.5, 0.6) is 0 Å². The van der Waals surface area contributed by atoms with Crippen LogP contribution in [0.25, 0.3) is 0 Å². The van der Waals surface area contributed by atoms with E-state index in [0.29, 0.717) is 19.6 Å². The number of halogens is 1. The fraction of sp³-hybridized carbons (Fsp3) is 0.364. The highest BCUT2D eigenvalue weighted by molar-refractivity contribution is 9.10. The lowest BCUT2D eigenvalue weighted by molar-refractivity contribution is -0.132. The second kappa shape index (κ2) is 8.78. The molecule has 1 aliphatic heterocycles. The Balaban J connectivity index is 1.61. The number of aryl methyl sites for hydroxylation is 1. The first kappa shape index (κ1) is 20.4. The summed E-state index contributed by atoms with van der Waals surface area (Å²) in [5.41, 5.74) is 2.41. The van der Waals surface area contributed by atoms with Gasteiger partial charge >= 0.3 is 6.03 Å². The molecule has 0 radical (unpaired) electrons. The zero-order chi connectivity index (χ0) is 20.1. The second-order valence-corrected chi connectivity index (χ2v) is 8.55. The molecule has 2 aromatic carbocycles. The number of anilines is 1. The van der Waals surface area contributed by atoms with Gasteiger partial charge in [0.15, 0.2) is 0 Å². The molecule has 0 aromatic heterocycles. The number of carbonyl (C=O) groups excluding carboxylic acids is 2. The molecule has 148 valence electrons. The van der Waals surface area contributed by atoms with Crippen LogP contribution < -0.4 is 10.6 Å². The lowest BCUT2D eigenvalue weighted by Gasteiger charge is -2.39. The minimum Gasteiger partial charge on any atom is -0.351 e. The third-order valence-corrected chi connectivity index (χ3v) is 5.80. The Bertz CT molecular complexity index is 870. The highest BCUT2D eigenvalue weighted by Gasteiger charge is 2.39. The van der Waals surface area contributed by atoms with E-state index < -0.39 is 5.41 Å². The molecule has 28 heavy (non-hydrogen) atoms. The summed E-state index contributed by atoms with van der Waals surface area (Å²) in [7, 11) is 0. The van der Waals surface area contributed by atoms with E-state index in [-0.39, 0.29) is 11.9 Å². The van der Waals surface area contributed by atoms with Gasteiger partial charge in [0, 0.05) is 29.8 Å². The van der Waals surface area contributed by atoms with E-state index in [0.717, 1.165) is 34.1 Å². The number of nitrogens with one attached hydrogen (secondary N) is 2. The van der Waals surface area contributed by atoms with Gasteiger partial charge in [0.25, 0.3) is 0 Å². The summed E-state index contributed by atoms with van der Waals surface area (Å²) in [4.78, 5) is 27.3. The summed E-state index contributed by atoms with van der Waals surface area (Å²) in [6.07, 6.45) is 1.58. The maximum Gasteiger partial charge on any atom is 0.321 e. The monoisotopic (exact) mass is 443 g/mol. The summed E-state index contributed by atoms with van der Waals surface area (Å²) in [6.45, 7) is 5.55. The Kier molecular flexibility index (Phi) is 6.39. The Hall–Kier alpha value is -2.34. The van der Waals surface area contributed by atoms with E-state index in [1.54, 1.807) is 4.90 Å². The fourth-order valence-corrected chi connectivity index (χ4v) is 3.96. The third kappa shape index (κ3) is 4.93. The molecule has 1 fully saturated rings. The molecular weight excluding hydrogens is 418 g/mol. The number of hydrogen-bond acceptors (Lipinski definition) is 2. The van der Waals surface area contributed by atoms with Gasteiger partial charge in [0.2, 0.25) is 5.91 Å². The first-order valence-corrected chi connectivity index (χ1v) is 10.3. The van der Waals surface area contributed by atoms with Gasteiger partial charge in [-0.3, -0.25) is 4.79 Å². The summed E-state index contributed by atoms with van der Waals surface area (Å²) >= 11 is 3.41. The van der Waals surface area contributed by atoms with Gasteiger partial charge in [-0.1, -0.05) is 46.3 Å². The highest BCUT2D eigenvalue weighted by atomic mass is 79.9. The summed E-state index contributed by atoms with van der Waals surface area (Å²) in [5.74, 6) is -0.00397. The minimum atomic E-state index is -0.588. The van der Waals surface area contributed by atoms with Gasteiger partial charge in [0.05, 0.1) is 5.41 Å². The normalized spacial score (nSPS) is 19.2. The average Bonchev–Trinajstić information content (AvgIpc) is 2.67. The van der Waals surface area contributed by atoms with E-state index >= 15 is 0 Å². The van der Waals surface area contributed by atoms with E-state index in [1.807, 2.05) is 62.4 Å². The topological polar surface area (TPSA) is 61.4 Å². The number of benzene rings is 2. The van der Waals surface area contributed by atoms with Crippen molar-refractivity contribution in [3.8, 4) is 0 Å². The molecule has 0 aliphatic carbocycles. The van der Waals surface area contributed by atoms with Gasteiger partial charge < -0.3 is 15.5 Å². The molecular formula is C22H26BrN3O2. The van der Waals surface area contributed by atoms with E-state index in [2.05, 4.69) is 26.6 Å². The van der Waals surface area contributed by atoms with Crippen molar-refractivity contribution in [2.24, 2.45) is 5.41 Å². The van der Waals surface area contributed by atoms with E-state index in [9.17, 15) is 9.59 Å². The van der Waals surface area contributed by atoms with Crippen molar-refractivity contribution in [2.45, 2.75) is 33.2 Å². The van der Waals surface area contributed by atoms with E-state index in [1.165, 1.54) is 0 Å². The molecule has 1 saturated heterocycles. The van der Waals surface area contributed by atoms with Gasteiger partial charge in [-0.15, -0.1) is 0 Å². The number of carbonyl (C=O) groups is 2. The largest absolute Gasteiger partial charge is 0.351 e. The minimum absolute atomic E-state index is 0.00397. The average molecular weight is 444 g/mol. The Morgan fingerprint density at radius 3 is 2.71 bits per heavy atom. The molecule has 2 aromatic rings. The standard InChI is InChI=1S/C22H26BrN3O2/c1-16-7-3-4-8-17(16)14-24-20(27)22(2)11-6-12-26(15-22)21(28)25-19-10-5-9-18(23)13-19/h3-5,7-10,13H,6,11-12,14-15H2,1-2H3,(H,24,27)(H,25,28)/t22-/m0/s1. The molecule has 2 N–H and O–H groups in total. The second-order valence-electron chi connectivity index (χ2n) is 7.64. The van der Waals surface area contributed by atoms with Crippen molar-refractivity contribution in [3.05, 3.63) is 64.1 Å². The van der Waals surface area contributed by atoms with Gasteiger partial charge in [-0.2, -0.15) is 0 Å². The van der Waals surface area contributed by atoms with Gasteiger partial charge in [-0.05, 0) is 56.0 Å². The summed E-state index contributed by atoms with van der Waals surface area (Å²) in [5, 5.41) is 5.98. The van der Waals surface area contributed by atoms with Gasteiger partial charge in [0.1, 0.15) is 0 Å². The first-order chi connectivity index (χ1) is 13.4. The van der Waals surface area contributed by atoms with Crippen LogP contribution in [-0.2, 0) is 11.3 Å². The Morgan fingerprint density at radius 1 is 1.18 bits per heavy atom. The lowest BCUT2D eigenvalue weighted by Crippen LogP contribution is -2.52. The number of piperidine rings is 1. The van der Waals surface area contributed by atoms with Crippen LogP contribution in [0.2, 0.25) is 0 Å². The lowest BCUT2D eigenvalue weighted by atomic mass is 9.81. The van der Waals surface area contributed by atoms with Crippen LogP contribution in [0.1, 0.15) is 30.9 Å².